The molecule has 0 aliphatic heterocycles. The number of halogens is 1. The van der Waals surface area contributed by atoms with Crippen molar-refractivity contribution < 1.29 is 9.53 Å². The Bertz CT molecular complexity index is 1200. The lowest BCUT2D eigenvalue weighted by molar-refractivity contribution is -0.113. The summed E-state index contributed by atoms with van der Waals surface area (Å²) in [6.07, 6.45) is 3.42. The van der Waals surface area contributed by atoms with E-state index in [1.807, 2.05) is 53.1 Å². The van der Waals surface area contributed by atoms with Crippen molar-refractivity contribution in [3.8, 4) is 22.8 Å². The van der Waals surface area contributed by atoms with E-state index in [1.54, 1.807) is 31.6 Å². The number of rotatable bonds is 7. The zero-order valence-electron chi connectivity index (χ0n) is 16.5. The summed E-state index contributed by atoms with van der Waals surface area (Å²) >= 11 is 7.40. The highest BCUT2D eigenvalue weighted by molar-refractivity contribution is 7.99. The Morgan fingerprint density at radius 1 is 1.13 bits per heavy atom. The van der Waals surface area contributed by atoms with Gasteiger partial charge in [0.05, 0.1) is 29.3 Å². The number of amides is 1. The van der Waals surface area contributed by atoms with Crippen LogP contribution in [-0.4, -0.2) is 38.5 Å². The topological polar surface area (TPSA) is 81.9 Å². The molecule has 4 rings (SSSR count). The van der Waals surface area contributed by atoms with Gasteiger partial charge >= 0.3 is 0 Å². The van der Waals surface area contributed by atoms with Crippen LogP contribution in [0.25, 0.3) is 17.1 Å². The number of pyridine rings is 1. The van der Waals surface area contributed by atoms with E-state index in [0.29, 0.717) is 27.4 Å². The van der Waals surface area contributed by atoms with Crippen molar-refractivity contribution in [1.82, 2.24) is 19.7 Å². The van der Waals surface area contributed by atoms with Crippen LogP contribution in [-0.2, 0) is 4.79 Å². The van der Waals surface area contributed by atoms with E-state index in [0.717, 1.165) is 11.3 Å². The van der Waals surface area contributed by atoms with Crippen LogP contribution in [0.5, 0.6) is 5.75 Å². The van der Waals surface area contributed by atoms with Crippen LogP contribution >= 0.6 is 23.4 Å². The molecule has 0 aliphatic carbocycles. The fourth-order valence-corrected chi connectivity index (χ4v) is 3.84. The second kappa shape index (κ2) is 9.63. The predicted molar refractivity (Wildman–Crippen MR) is 122 cm³/mol. The van der Waals surface area contributed by atoms with E-state index < -0.39 is 0 Å². The molecule has 0 radical (unpaired) electrons. The molecule has 4 aromatic rings. The van der Waals surface area contributed by atoms with E-state index in [2.05, 4.69) is 20.5 Å². The number of anilines is 1. The minimum absolute atomic E-state index is 0.139. The molecule has 2 aromatic carbocycles. The minimum atomic E-state index is -0.193. The fraction of sp³-hybridized carbons (Fsp3) is 0.0909. The number of hydrogen-bond donors (Lipinski definition) is 1. The number of nitrogens with zero attached hydrogens (tertiary/aromatic N) is 4. The Labute approximate surface area is 188 Å². The van der Waals surface area contributed by atoms with E-state index in [-0.39, 0.29) is 11.7 Å². The highest BCUT2D eigenvalue weighted by Gasteiger charge is 2.18. The van der Waals surface area contributed by atoms with Gasteiger partial charge in [-0.25, -0.2) is 0 Å². The van der Waals surface area contributed by atoms with Gasteiger partial charge < -0.3 is 10.1 Å². The van der Waals surface area contributed by atoms with Crippen molar-refractivity contribution in [2.75, 3.05) is 18.2 Å². The number of ether oxygens (including phenoxy) is 1. The lowest BCUT2D eigenvalue weighted by Crippen LogP contribution is -2.14. The largest absolute Gasteiger partial charge is 0.497 e. The van der Waals surface area contributed by atoms with Crippen molar-refractivity contribution in [3.05, 3.63) is 78.1 Å². The molecular weight excluding hydrogens is 434 g/mol. The average Bonchev–Trinajstić information content (AvgIpc) is 3.24. The van der Waals surface area contributed by atoms with Gasteiger partial charge in [0.25, 0.3) is 0 Å². The molecule has 1 amide bonds. The Morgan fingerprint density at radius 3 is 2.77 bits per heavy atom. The summed E-state index contributed by atoms with van der Waals surface area (Å²) in [5.41, 5.74) is 2.20. The van der Waals surface area contributed by atoms with Gasteiger partial charge in [0.15, 0.2) is 11.0 Å². The number of carbonyl (C=O) groups excluding carboxylic acids is 1. The maximum atomic E-state index is 12.5. The summed E-state index contributed by atoms with van der Waals surface area (Å²) in [6.45, 7) is 0. The maximum Gasteiger partial charge on any atom is 0.234 e. The van der Waals surface area contributed by atoms with Crippen LogP contribution in [0.1, 0.15) is 0 Å². The molecule has 1 N–H and O–H groups in total. The van der Waals surface area contributed by atoms with Crippen molar-refractivity contribution in [1.29, 1.82) is 0 Å². The third kappa shape index (κ3) is 4.87. The Hall–Kier alpha value is -3.36. The Morgan fingerprint density at radius 2 is 2.00 bits per heavy atom. The molecule has 9 heteroatoms. The van der Waals surface area contributed by atoms with Gasteiger partial charge in [0, 0.05) is 24.0 Å². The van der Waals surface area contributed by atoms with Crippen LogP contribution in [0.3, 0.4) is 0 Å². The summed E-state index contributed by atoms with van der Waals surface area (Å²) in [6, 6.07) is 18.4. The van der Waals surface area contributed by atoms with Crippen molar-refractivity contribution in [2.45, 2.75) is 5.16 Å². The second-order valence-electron chi connectivity index (χ2n) is 6.40. The van der Waals surface area contributed by atoms with E-state index in [4.69, 9.17) is 16.3 Å². The quantitative estimate of drug-likeness (QED) is 0.409. The van der Waals surface area contributed by atoms with Gasteiger partial charge in [-0.2, -0.15) is 0 Å². The molecule has 0 spiro atoms. The molecule has 2 heterocycles. The van der Waals surface area contributed by atoms with Gasteiger partial charge in [0.1, 0.15) is 5.75 Å². The number of aromatic nitrogens is 4. The Kier molecular flexibility index (Phi) is 6.49. The zero-order chi connectivity index (χ0) is 21.6. The lowest BCUT2D eigenvalue weighted by Gasteiger charge is -2.12. The van der Waals surface area contributed by atoms with Gasteiger partial charge in [0.2, 0.25) is 5.91 Å². The normalized spacial score (nSPS) is 10.6. The second-order valence-corrected chi connectivity index (χ2v) is 7.75. The van der Waals surface area contributed by atoms with Gasteiger partial charge in [-0.05, 0) is 36.4 Å². The van der Waals surface area contributed by atoms with E-state index in [9.17, 15) is 4.79 Å². The third-order valence-corrected chi connectivity index (χ3v) is 5.60. The highest BCUT2D eigenvalue weighted by Crippen LogP contribution is 2.29. The zero-order valence-corrected chi connectivity index (χ0v) is 18.1. The summed E-state index contributed by atoms with van der Waals surface area (Å²) in [7, 11) is 1.61. The molecule has 0 unspecified atom stereocenters. The number of carbonyl (C=O) groups is 1. The first kappa shape index (κ1) is 20.9. The van der Waals surface area contributed by atoms with Gasteiger partial charge in [-0.15, -0.1) is 10.2 Å². The molecule has 0 aliphatic rings. The molecule has 156 valence electrons. The van der Waals surface area contributed by atoms with Crippen LogP contribution < -0.4 is 10.1 Å². The van der Waals surface area contributed by atoms with E-state index >= 15 is 0 Å². The van der Waals surface area contributed by atoms with E-state index in [1.165, 1.54) is 11.8 Å². The molecule has 31 heavy (non-hydrogen) atoms. The molecular formula is C22H18ClN5O2S. The molecule has 0 saturated carbocycles. The molecule has 7 nitrogen and oxygen atoms in total. The van der Waals surface area contributed by atoms with Crippen LogP contribution in [0.2, 0.25) is 5.02 Å². The lowest BCUT2D eigenvalue weighted by atomic mass is 10.2. The average molecular weight is 452 g/mol. The molecule has 0 atom stereocenters. The summed E-state index contributed by atoms with van der Waals surface area (Å²) in [5, 5.41) is 12.5. The molecule has 0 bridgehead atoms. The molecule has 0 saturated heterocycles. The summed E-state index contributed by atoms with van der Waals surface area (Å²) in [5.74, 6) is 1.27. The van der Waals surface area contributed by atoms with Crippen molar-refractivity contribution >= 4 is 35.0 Å². The first-order valence-electron chi connectivity index (χ1n) is 9.33. The van der Waals surface area contributed by atoms with Crippen LogP contribution in [0.15, 0.2) is 78.2 Å². The van der Waals surface area contributed by atoms with Crippen molar-refractivity contribution in [2.24, 2.45) is 0 Å². The van der Waals surface area contributed by atoms with Gasteiger partial charge in [-0.3, -0.25) is 14.3 Å². The van der Waals surface area contributed by atoms with Crippen LogP contribution in [0, 0.1) is 0 Å². The summed E-state index contributed by atoms with van der Waals surface area (Å²) in [4.78, 5) is 16.7. The first-order valence-corrected chi connectivity index (χ1v) is 10.7. The SMILES string of the molecule is COc1cccc(-n2c(SCC(=O)Nc3ccccc3Cl)nnc2-c2cccnc2)c1. The number of hydrogen-bond acceptors (Lipinski definition) is 6. The van der Waals surface area contributed by atoms with Crippen molar-refractivity contribution in [3.63, 3.8) is 0 Å². The number of methoxy groups -OCH3 is 1. The summed E-state index contributed by atoms with van der Waals surface area (Å²) < 4.78 is 7.25. The van der Waals surface area contributed by atoms with Gasteiger partial charge in [-0.1, -0.05) is 41.6 Å². The fourth-order valence-electron chi connectivity index (χ4n) is 2.91. The first-order chi connectivity index (χ1) is 15.2. The Balaban J connectivity index is 1.62. The minimum Gasteiger partial charge on any atom is -0.497 e. The predicted octanol–water partition coefficient (Wildman–Crippen LogP) is 4.72. The highest BCUT2D eigenvalue weighted by atomic mass is 35.5. The maximum absolute atomic E-state index is 12.5. The number of thioether (sulfide) groups is 1. The molecule has 2 aromatic heterocycles. The number of nitrogens with one attached hydrogen (secondary N) is 1. The molecule has 0 fully saturated rings. The monoisotopic (exact) mass is 451 g/mol. The number of benzene rings is 2. The van der Waals surface area contributed by atoms with Crippen LogP contribution in [0.4, 0.5) is 5.69 Å². The third-order valence-electron chi connectivity index (χ3n) is 4.34. The number of para-hydroxylation sites is 1. The standard InChI is InChI=1S/C22H18ClN5O2S/c1-30-17-8-4-7-16(12-17)28-21(15-6-5-11-24-13-15)26-27-22(28)31-14-20(29)25-19-10-3-2-9-18(19)23/h2-13H,14H2,1H3,(H,25,29). The smallest absolute Gasteiger partial charge is 0.234 e.